The summed E-state index contributed by atoms with van der Waals surface area (Å²) in [4.78, 5) is 31.0. The fourth-order valence-electron chi connectivity index (χ4n) is 1.26. The average molecular weight is 272 g/mol. The molecule has 0 aromatic heterocycles. The first-order valence-corrected chi connectivity index (χ1v) is 5.01. The summed E-state index contributed by atoms with van der Waals surface area (Å²) in [6.07, 6.45) is 0. The molecule has 18 heavy (non-hydrogen) atoms. The number of nitrogens with two attached hydrogens (primary N) is 1. The van der Waals surface area contributed by atoms with Crippen LogP contribution in [0.5, 0.6) is 0 Å². The van der Waals surface area contributed by atoms with Gasteiger partial charge in [0.1, 0.15) is 5.25 Å². The highest BCUT2D eigenvalue weighted by atomic mass is 32.1. The van der Waals surface area contributed by atoms with Crippen LogP contribution < -0.4 is 11.3 Å². The molecule has 1 rings (SSSR count). The van der Waals surface area contributed by atoms with Crippen LogP contribution in [0.25, 0.3) is 0 Å². The maximum absolute atomic E-state index is 11.2. The number of carbonyl (C=O) groups excluding carboxylic acids is 1. The van der Waals surface area contributed by atoms with Crippen molar-refractivity contribution >= 4 is 29.9 Å². The van der Waals surface area contributed by atoms with Gasteiger partial charge in [-0.2, -0.15) is 12.6 Å². The molecule has 1 atom stereocenters. The lowest BCUT2D eigenvalue weighted by atomic mass is 10.1. The molecule has 96 valence electrons. The number of non-ortho nitro benzene ring substituents is 1. The van der Waals surface area contributed by atoms with Gasteiger partial charge in [0.15, 0.2) is 0 Å². The van der Waals surface area contributed by atoms with Crippen molar-refractivity contribution in [3.63, 3.8) is 0 Å². The maximum Gasteiger partial charge on any atom is 0.281 e. The van der Waals surface area contributed by atoms with Crippen LogP contribution in [0.1, 0.15) is 10.8 Å². The molecule has 0 aliphatic carbocycles. The van der Waals surface area contributed by atoms with E-state index in [0.717, 1.165) is 18.2 Å². The maximum atomic E-state index is 11.2. The molecule has 1 aromatic carbocycles. The van der Waals surface area contributed by atoms with Gasteiger partial charge >= 0.3 is 0 Å². The Labute approximate surface area is 106 Å². The van der Waals surface area contributed by atoms with Crippen molar-refractivity contribution in [2.45, 2.75) is 5.25 Å². The van der Waals surface area contributed by atoms with Gasteiger partial charge in [-0.3, -0.25) is 30.4 Å². The molecule has 0 aliphatic rings. The summed E-state index contributed by atoms with van der Waals surface area (Å²) in [6, 6.07) is 2.92. The number of nitro groups is 2. The minimum Gasteiger partial charge on any atom is -0.293 e. The lowest BCUT2D eigenvalue weighted by molar-refractivity contribution is -0.394. The molecule has 0 bridgehead atoms. The van der Waals surface area contributed by atoms with Gasteiger partial charge in [-0.15, -0.1) is 0 Å². The van der Waals surface area contributed by atoms with Gasteiger partial charge in [0.05, 0.1) is 21.5 Å². The molecule has 0 heterocycles. The molecule has 0 fully saturated rings. The van der Waals surface area contributed by atoms with Crippen LogP contribution in [0.15, 0.2) is 18.2 Å². The molecule has 3 N–H and O–H groups in total. The van der Waals surface area contributed by atoms with Crippen molar-refractivity contribution < 1.29 is 14.6 Å². The largest absolute Gasteiger partial charge is 0.293 e. The number of hydrogen-bond donors (Lipinski definition) is 3. The minimum atomic E-state index is -1.18. The van der Waals surface area contributed by atoms with Crippen LogP contribution in [0.3, 0.4) is 0 Å². The summed E-state index contributed by atoms with van der Waals surface area (Å²) in [7, 11) is 0. The number of nitrogens with one attached hydrogen (secondary N) is 1. The van der Waals surface area contributed by atoms with E-state index < -0.39 is 32.4 Å². The summed E-state index contributed by atoms with van der Waals surface area (Å²) in [5.74, 6) is 4.13. The van der Waals surface area contributed by atoms with Crippen LogP contribution in [-0.2, 0) is 4.79 Å². The fourth-order valence-corrected chi connectivity index (χ4v) is 1.55. The molecule has 1 amide bonds. The van der Waals surface area contributed by atoms with E-state index >= 15 is 0 Å². The van der Waals surface area contributed by atoms with E-state index in [9.17, 15) is 25.0 Å². The Morgan fingerprint density at radius 3 is 2.39 bits per heavy atom. The van der Waals surface area contributed by atoms with Gasteiger partial charge in [-0.25, -0.2) is 5.84 Å². The molecule has 0 aliphatic heterocycles. The molecule has 9 nitrogen and oxygen atoms in total. The Morgan fingerprint density at radius 2 is 1.94 bits per heavy atom. The van der Waals surface area contributed by atoms with Crippen molar-refractivity contribution in [3.8, 4) is 0 Å². The van der Waals surface area contributed by atoms with Crippen LogP contribution in [-0.4, -0.2) is 15.8 Å². The highest BCUT2D eigenvalue weighted by Gasteiger charge is 2.27. The number of carbonyl (C=O) groups is 1. The van der Waals surface area contributed by atoms with Gasteiger partial charge in [-0.05, 0) is 6.07 Å². The standard InChI is InChI=1S/C8H8N4O5S/c9-10-8(13)7(18)5-2-1-4(11(14)15)3-6(5)12(16)17/h1-3,7,18H,9H2,(H,10,13). The van der Waals surface area contributed by atoms with E-state index in [-0.39, 0.29) is 5.56 Å². The number of amides is 1. The first-order valence-electron chi connectivity index (χ1n) is 4.49. The average Bonchev–Trinajstić information content (AvgIpc) is 2.35. The number of nitrogens with zero attached hydrogens (tertiary/aromatic N) is 2. The lowest BCUT2D eigenvalue weighted by Crippen LogP contribution is -2.33. The smallest absolute Gasteiger partial charge is 0.281 e. The molecule has 0 radical (unpaired) electrons. The van der Waals surface area contributed by atoms with E-state index in [1.807, 2.05) is 0 Å². The summed E-state index contributed by atoms with van der Waals surface area (Å²) < 4.78 is 0. The number of rotatable bonds is 4. The normalized spacial score (nSPS) is 11.7. The molecule has 1 unspecified atom stereocenters. The van der Waals surface area contributed by atoms with E-state index in [0.29, 0.717) is 0 Å². The molecule has 0 spiro atoms. The van der Waals surface area contributed by atoms with Gasteiger partial charge in [-0.1, -0.05) is 0 Å². The Bertz CT molecular complexity index is 520. The van der Waals surface area contributed by atoms with Crippen molar-refractivity contribution in [1.82, 2.24) is 5.43 Å². The van der Waals surface area contributed by atoms with Crippen LogP contribution in [0.2, 0.25) is 0 Å². The number of benzene rings is 1. The quantitative estimate of drug-likeness (QED) is 0.239. The highest BCUT2D eigenvalue weighted by molar-refractivity contribution is 7.81. The van der Waals surface area contributed by atoms with Crippen molar-refractivity contribution in [2.24, 2.45) is 5.84 Å². The summed E-state index contributed by atoms with van der Waals surface area (Å²) >= 11 is 3.88. The van der Waals surface area contributed by atoms with Crippen molar-refractivity contribution in [3.05, 3.63) is 44.0 Å². The number of thiol groups is 1. The van der Waals surface area contributed by atoms with Gasteiger partial charge < -0.3 is 0 Å². The number of nitro benzene ring substituents is 2. The van der Waals surface area contributed by atoms with Crippen LogP contribution in [0, 0.1) is 20.2 Å². The Morgan fingerprint density at radius 1 is 1.33 bits per heavy atom. The fraction of sp³-hybridized carbons (Fsp3) is 0.125. The van der Waals surface area contributed by atoms with E-state index in [2.05, 4.69) is 12.6 Å². The topological polar surface area (TPSA) is 141 Å². The predicted octanol–water partition coefficient (Wildman–Crippen LogP) is 0.464. The Hall–Kier alpha value is -2.20. The lowest BCUT2D eigenvalue weighted by Gasteiger charge is -2.09. The summed E-state index contributed by atoms with van der Waals surface area (Å²) in [5.41, 5.74) is 0.715. The van der Waals surface area contributed by atoms with Crippen LogP contribution >= 0.6 is 12.6 Å². The molecule has 0 saturated heterocycles. The third-order valence-corrected chi connectivity index (χ3v) is 2.62. The molecule has 0 saturated carbocycles. The zero-order valence-electron chi connectivity index (χ0n) is 8.77. The Kier molecular flexibility index (Phi) is 4.18. The zero-order valence-corrected chi connectivity index (χ0v) is 9.66. The molecular weight excluding hydrogens is 264 g/mol. The predicted molar refractivity (Wildman–Crippen MR) is 63.8 cm³/mol. The minimum absolute atomic E-state index is 0.0723. The number of hydrazine groups is 1. The monoisotopic (exact) mass is 272 g/mol. The van der Waals surface area contributed by atoms with E-state index in [1.54, 1.807) is 5.43 Å². The second kappa shape index (κ2) is 5.42. The second-order valence-corrected chi connectivity index (χ2v) is 3.68. The number of hydrogen-bond acceptors (Lipinski definition) is 7. The second-order valence-electron chi connectivity index (χ2n) is 3.17. The van der Waals surface area contributed by atoms with Crippen LogP contribution in [0.4, 0.5) is 11.4 Å². The summed E-state index contributed by atoms with van der Waals surface area (Å²) in [6.45, 7) is 0. The third kappa shape index (κ3) is 2.73. The molecule has 10 heteroatoms. The van der Waals surface area contributed by atoms with E-state index in [1.165, 1.54) is 0 Å². The van der Waals surface area contributed by atoms with E-state index in [4.69, 9.17) is 5.84 Å². The summed E-state index contributed by atoms with van der Waals surface area (Å²) in [5, 5.41) is 20.1. The van der Waals surface area contributed by atoms with Gasteiger partial charge in [0.25, 0.3) is 17.3 Å². The van der Waals surface area contributed by atoms with Crippen molar-refractivity contribution in [1.29, 1.82) is 0 Å². The Balaban J connectivity index is 3.32. The molecule has 1 aromatic rings. The van der Waals surface area contributed by atoms with Crippen molar-refractivity contribution in [2.75, 3.05) is 0 Å². The van der Waals surface area contributed by atoms with Gasteiger partial charge in [0.2, 0.25) is 0 Å². The zero-order chi connectivity index (χ0) is 13.9. The first-order chi connectivity index (χ1) is 8.38. The SMILES string of the molecule is NNC(=O)C(S)c1ccc([N+](=O)[O-])cc1[N+](=O)[O-]. The highest BCUT2D eigenvalue weighted by Crippen LogP contribution is 2.32. The third-order valence-electron chi connectivity index (χ3n) is 2.11. The van der Waals surface area contributed by atoms with Gasteiger partial charge in [0, 0.05) is 6.07 Å². The first kappa shape index (κ1) is 13.9. The molecular formula is C8H8N4O5S.